The number of aromatic nitrogens is 2. The van der Waals surface area contributed by atoms with Crippen molar-refractivity contribution in [3.63, 3.8) is 0 Å². The molecular formula is C21H23N3O2S. The lowest BCUT2D eigenvalue weighted by atomic mass is 10.1. The van der Waals surface area contributed by atoms with Gasteiger partial charge in [0.15, 0.2) is 5.76 Å². The standard InChI is InChI=1S/C21H23N3O2S/c1-15-8-9-19(26-15)20-18(14-24(22-20)17-6-4-3-5-7-17)21(25)23-11-10-16(2)27-13-12-23/h3-9,14,16H,10-13H2,1-2H3. The number of carbonyl (C=O) groups excluding carboxylic acids is 1. The summed E-state index contributed by atoms with van der Waals surface area (Å²) in [5.74, 6) is 2.42. The number of amides is 1. The number of thioether (sulfide) groups is 1. The third-order valence-electron chi connectivity index (χ3n) is 4.80. The number of hydrogen-bond donors (Lipinski definition) is 0. The predicted octanol–water partition coefficient (Wildman–Crippen LogP) is 4.41. The minimum Gasteiger partial charge on any atom is -0.460 e. The Kier molecular flexibility index (Phi) is 5.07. The highest BCUT2D eigenvalue weighted by atomic mass is 32.2. The van der Waals surface area contributed by atoms with Crippen LogP contribution < -0.4 is 0 Å². The van der Waals surface area contributed by atoms with Crippen LogP contribution in [0.3, 0.4) is 0 Å². The second-order valence-electron chi connectivity index (χ2n) is 6.84. The molecule has 6 heteroatoms. The van der Waals surface area contributed by atoms with Gasteiger partial charge in [-0.1, -0.05) is 25.1 Å². The van der Waals surface area contributed by atoms with Crippen molar-refractivity contribution in [2.24, 2.45) is 0 Å². The highest BCUT2D eigenvalue weighted by molar-refractivity contribution is 7.99. The number of para-hydroxylation sites is 1. The van der Waals surface area contributed by atoms with Gasteiger partial charge in [-0.2, -0.15) is 16.9 Å². The van der Waals surface area contributed by atoms with E-state index < -0.39 is 0 Å². The maximum Gasteiger partial charge on any atom is 0.257 e. The summed E-state index contributed by atoms with van der Waals surface area (Å²) in [6.07, 6.45) is 2.84. The Hall–Kier alpha value is -2.47. The Balaban J connectivity index is 1.73. The van der Waals surface area contributed by atoms with Crippen LogP contribution in [-0.4, -0.2) is 44.7 Å². The molecule has 0 saturated carbocycles. The smallest absolute Gasteiger partial charge is 0.257 e. The number of aryl methyl sites for hydroxylation is 1. The Bertz CT molecular complexity index is 932. The van der Waals surface area contributed by atoms with Crippen LogP contribution in [0, 0.1) is 6.92 Å². The third kappa shape index (κ3) is 3.81. The van der Waals surface area contributed by atoms with Gasteiger partial charge in [0.25, 0.3) is 5.91 Å². The molecular weight excluding hydrogens is 358 g/mol. The average Bonchev–Trinajstić information content (AvgIpc) is 3.25. The number of carbonyl (C=O) groups is 1. The van der Waals surface area contributed by atoms with Crippen LogP contribution in [0.15, 0.2) is 53.1 Å². The van der Waals surface area contributed by atoms with Gasteiger partial charge in [0.05, 0.1) is 11.3 Å². The lowest BCUT2D eigenvalue weighted by Gasteiger charge is -2.19. The van der Waals surface area contributed by atoms with Crippen LogP contribution >= 0.6 is 11.8 Å². The zero-order chi connectivity index (χ0) is 18.8. The predicted molar refractivity (Wildman–Crippen MR) is 108 cm³/mol. The number of hydrogen-bond acceptors (Lipinski definition) is 4. The van der Waals surface area contributed by atoms with Crippen molar-refractivity contribution in [2.45, 2.75) is 25.5 Å². The van der Waals surface area contributed by atoms with Crippen molar-refractivity contribution in [2.75, 3.05) is 18.8 Å². The molecule has 1 atom stereocenters. The van der Waals surface area contributed by atoms with Crippen LogP contribution in [0.4, 0.5) is 0 Å². The van der Waals surface area contributed by atoms with Crippen molar-refractivity contribution in [3.8, 4) is 17.1 Å². The molecule has 140 valence electrons. The SMILES string of the molecule is Cc1ccc(-c2nn(-c3ccccc3)cc2C(=O)N2CCSC(C)CC2)o1. The fourth-order valence-corrected chi connectivity index (χ4v) is 4.26. The summed E-state index contributed by atoms with van der Waals surface area (Å²) in [4.78, 5) is 15.3. The van der Waals surface area contributed by atoms with Crippen molar-refractivity contribution >= 4 is 17.7 Å². The molecule has 1 saturated heterocycles. The number of furan rings is 1. The Morgan fingerprint density at radius 3 is 2.74 bits per heavy atom. The molecule has 0 aliphatic carbocycles. The monoisotopic (exact) mass is 381 g/mol. The number of benzene rings is 1. The summed E-state index contributed by atoms with van der Waals surface area (Å²) in [5.41, 5.74) is 2.11. The molecule has 2 aromatic heterocycles. The third-order valence-corrected chi connectivity index (χ3v) is 6.02. The van der Waals surface area contributed by atoms with Crippen LogP contribution in [0.5, 0.6) is 0 Å². The fourth-order valence-electron chi connectivity index (χ4n) is 3.26. The van der Waals surface area contributed by atoms with Crippen molar-refractivity contribution in [1.29, 1.82) is 0 Å². The highest BCUT2D eigenvalue weighted by Crippen LogP contribution is 2.28. The first-order valence-corrected chi connectivity index (χ1v) is 10.3. The summed E-state index contributed by atoms with van der Waals surface area (Å²) in [7, 11) is 0. The van der Waals surface area contributed by atoms with Crippen LogP contribution in [0.1, 0.15) is 29.5 Å². The van der Waals surface area contributed by atoms with Gasteiger partial charge < -0.3 is 9.32 Å². The summed E-state index contributed by atoms with van der Waals surface area (Å²) < 4.78 is 7.55. The lowest BCUT2D eigenvalue weighted by Crippen LogP contribution is -2.33. The first-order valence-electron chi connectivity index (χ1n) is 9.24. The second kappa shape index (κ2) is 7.64. The molecule has 1 fully saturated rings. The molecule has 0 N–H and O–H groups in total. The molecule has 0 bridgehead atoms. The van der Waals surface area contributed by atoms with Gasteiger partial charge in [-0.3, -0.25) is 4.79 Å². The lowest BCUT2D eigenvalue weighted by molar-refractivity contribution is 0.0767. The van der Waals surface area contributed by atoms with Crippen LogP contribution in [-0.2, 0) is 0 Å². The van der Waals surface area contributed by atoms with E-state index in [1.807, 2.05) is 72.2 Å². The number of rotatable bonds is 3. The summed E-state index contributed by atoms with van der Waals surface area (Å²) >= 11 is 1.93. The van der Waals surface area contributed by atoms with E-state index in [4.69, 9.17) is 4.42 Å². The Morgan fingerprint density at radius 1 is 1.19 bits per heavy atom. The molecule has 3 heterocycles. The fraction of sp³-hybridized carbons (Fsp3) is 0.333. The van der Waals surface area contributed by atoms with Gasteiger partial charge in [0, 0.05) is 30.3 Å². The topological polar surface area (TPSA) is 51.3 Å². The van der Waals surface area contributed by atoms with E-state index in [-0.39, 0.29) is 5.91 Å². The van der Waals surface area contributed by atoms with E-state index in [0.29, 0.717) is 22.3 Å². The number of nitrogens with zero attached hydrogens (tertiary/aromatic N) is 3. The Morgan fingerprint density at radius 2 is 2.00 bits per heavy atom. The minimum absolute atomic E-state index is 0.0240. The van der Waals surface area contributed by atoms with Crippen molar-refractivity contribution < 1.29 is 9.21 Å². The van der Waals surface area contributed by atoms with Gasteiger partial charge in [-0.05, 0) is 37.6 Å². The highest BCUT2D eigenvalue weighted by Gasteiger charge is 2.26. The second-order valence-corrected chi connectivity index (χ2v) is 8.39. The maximum absolute atomic E-state index is 13.3. The summed E-state index contributed by atoms with van der Waals surface area (Å²) in [6, 6.07) is 13.6. The average molecular weight is 382 g/mol. The minimum atomic E-state index is 0.0240. The molecule has 1 unspecified atom stereocenters. The first-order chi connectivity index (χ1) is 13.1. The Labute approximate surface area is 163 Å². The molecule has 1 amide bonds. The summed E-state index contributed by atoms with van der Waals surface area (Å²) in [5, 5.41) is 5.27. The van der Waals surface area contributed by atoms with Gasteiger partial charge in [0.1, 0.15) is 11.5 Å². The van der Waals surface area contributed by atoms with E-state index >= 15 is 0 Å². The summed E-state index contributed by atoms with van der Waals surface area (Å²) in [6.45, 7) is 5.66. The van der Waals surface area contributed by atoms with Crippen molar-refractivity contribution in [1.82, 2.24) is 14.7 Å². The zero-order valence-corrected chi connectivity index (χ0v) is 16.4. The van der Waals surface area contributed by atoms with Crippen molar-refractivity contribution in [3.05, 3.63) is 60.0 Å². The molecule has 0 radical (unpaired) electrons. The van der Waals surface area contributed by atoms with Gasteiger partial charge >= 0.3 is 0 Å². The largest absolute Gasteiger partial charge is 0.460 e. The van der Waals surface area contributed by atoms with E-state index in [0.717, 1.165) is 36.7 Å². The first kappa shape index (κ1) is 17.9. The quantitative estimate of drug-likeness (QED) is 0.674. The van der Waals surface area contributed by atoms with Crippen LogP contribution in [0.2, 0.25) is 0 Å². The van der Waals surface area contributed by atoms with E-state index in [1.54, 1.807) is 4.68 Å². The molecule has 1 aromatic carbocycles. The van der Waals surface area contributed by atoms with Gasteiger partial charge in [0.2, 0.25) is 0 Å². The molecule has 0 spiro atoms. The van der Waals surface area contributed by atoms with Crippen LogP contribution in [0.25, 0.3) is 17.1 Å². The molecule has 1 aliphatic heterocycles. The molecule has 27 heavy (non-hydrogen) atoms. The van der Waals surface area contributed by atoms with E-state index in [2.05, 4.69) is 12.0 Å². The van der Waals surface area contributed by atoms with Gasteiger partial charge in [-0.25, -0.2) is 4.68 Å². The zero-order valence-electron chi connectivity index (χ0n) is 15.6. The molecule has 1 aliphatic rings. The molecule has 4 rings (SSSR count). The molecule has 5 nitrogen and oxygen atoms in total. The van der Waals surface area contributed by atoms with Gasteiger partial charge in [-0.15, -0.1) is 0 Å². The van der Waals surface area contributed by atoms with E-state index in [1.165, 1.54) is 0 Å². The van der Waals surface area contributed by atoms with E-state index in [9.17, 15) is 4.79 Å². The normalized spacial score (nSPS) is 17.7. The maximum atomic E-state index is 13.3. The molecule has 3 aromatic rings.